The quantitative estimate of drug-likeness (QED) is 0.411. The van der Waals surface area contributed by atoms with Gasteiger partial charge < -0.3 is 14.5 Å². The van der Waals surface area contributed by atoms with Crippen molar-refractivity contribution in [2.45, 2.75) is 69.5 Å². The van der Waals surface area contributed by atoms with Crippen molar-refractivity contribution in [1.29, 1.82) is 0 Å². The number of rotatable bonds is 6. The van der Waals surface area contributed by atoms with Gasteiger partial charge in [-0.25, -0.2) is 4.79 Å². The Morgan fingerprint density at radius 3 is 2.53 bits per heavy atom. The van der Waals surface area contributed by atoms with Crippen LogP contribution in [0.4, 0.5) is 13.2 Å². The zero-order chi connectivity index (χ0) is 26.8. The van der Waals surface area contributed by atoms with Gasteiger partial charge in [-0.2, -0.15) is 13.2 Å². The summed E-state index contributed by atoms with van der Waals surface area (Å²) < 4.78 is 48.5. The third-order valence-corrected chi connectivity index (χ3v) is 8.71. The van der Waals surface area contributed by atoms with Crippen LogP contribution in [0.2, 0.25) is 0 Å². The molecule has 2 fully saturated rings. The van der Waals surface area contributed by atoms with Crippen LogP contribution in [0.1, 0.15) is 67.4 Å². The monoisotopic (exact) mass is 532 g/mol. The van der Waals surface area contributed by atoms with Gasteiger partial charge in [-0.05, 0) is 92.4 Å². The maximum Gasteiger partial charge on any atom is 0.491 e. The van der Waals surface area contributed by atoms with Gasteiger partial charge in [0.05, 0.1) is 6.26 Å². The zero-order valence-corrected chi connectivity index (χ0v) is 21.5. The molecule has 0 radical (unpaired) electrons. The number of furan rings is 1. The van der Waals surface area contributed by atoms with Crippen molar-refractivity contribution in [1.82, 2.24) is 10.2 Å². The molecule has 9 heteroatoms. The number of piperidine rings is 1. The van der Waals surface area contributed by atoms with Crippen molar-refractivity contribution in [2.24, 2.45) is 11.8 Å². The number of halogens is 3. The van der Waals surface area contributed by atoms with E-state index in [4.69, 9.17) is 4.42 Å². The number of carbonyl (C=O) groups excluding carboxylic acids is 2. The number of ether oxygens (including phenoxy) is 1. The highest BCUT2D eigenvalue weighted by molar-refractivity contribution is 5.88. The lowest BCUT2D eigenvalue weighted by Gasteiger charge is -2.50. The van der Waals surface area contributed by atoms with Crippen molar-refractivity contribution in [3.63, 3.8) is 0 Å². The maximum absolute atomic E-state index is 12.8. The van der Waals surface area contributed by atoms with Crippen molar-refractivity contribution < 1.29 is 31.9 Å². The first-order valence-electron chi connectivity index (χ1n) is 13.7. The normalized spacial score (nSPS) is 24.0. The summed E-state index contributed by atoms with van der Waals surface area (Å²) in [5.74, 6) is -1.83. The van der Waals surface area contributed by atoms with Crippen LogP contribution in [0, 0.1) is 11.8 Å². The summed E-state index contributed by atoms with van der Waals surface area (Å²) in [7, 11) is 0. The molecule has 3 atom stereocenters. The van der Waals surface area contributed by atoms with E-state index >= 15 is 0 Å². The van der Waals surface area contributed by atoms with E-state index in [-0.39, 0.29) is 12.8 Å². The van der Waals surface area contributed by atoms with Crippen LogP contribution in [-0.4, -0.2) is 49.2 Å². The molecule has 38 heavy (non-hydrogen) atoms. The molecule has 1 N–H and O–H groups in total. The predicted octanol–water partition coefficient (Wildman–Crippen LogP) is 5.14. The van der Waals surface area contributed by atoms with Gasteiger partial charge in [-0.3, -0.25) is 9.69 Å². The molecule has 6 nitrogen and oxygen atoms in total. The number of nitrogens with one attached hydrogen (secondary N) is 1. The number of benzene rings is 1. The van der Waals surface area contributed by atoms with Crippen molar-refractivity contribution in [3.8, 4) is 0 Å². The predicted molar refractivity (Wildman–Crippen MR) is 134 cm³/mol. The highest BCUT2D eigenvalue weighted by atomic mass is 19.4. The molecule has 3 aliphatic rings. The van der Waals surface area contributed by atoms with E-state index in [2.05, 4.69) is 33.2 Å². The Bertz CT molecular complexity index is 1130. The van der Waals surface area contributed by atoms with Gasteiger partial charge >= 0.3 is 18.1 Å². The first-order chi connectivity index (χ1) is 18.3. The fraction of sp³-hybridized carbons (Fsp3) is 0.586. The lowest BCUT2D eigenvalue weighted by molar-refractivity contribution is -0.202. The minimum absolute atomic E-state index is 0.138. The fourth-order valence-corrected chi connectivity index (χ4v) is 6.79. The molecule has 0 bridgehead atoms. The molecule has 1 aliphatic carbocycles. The molecule has 5 rings (SSSR count). The lowest BCUT2D eigenvalue weighted by Crippen LogP contribution is -2.54. The average Bonchev–Trinajstić information content (AvgIpc) is 3.34. The molecule has 1 aromatic heterocycles. The second-order valence-corrected chi connectivity index (χ2v) is 10.9. The van der Waals surface area contributed by atoms with Crippen molar-refractivity contribution in [2.75, 3.05) is 26.2 Å². The number of hydrogen-bond donors (Lipinski definition) is 1. The fourth-order valence-electron chi connectivity index (χ4n) is 6.79. The first kappa shape index (κ1) is 26.9. The molecule has 0 amide bonds. The van der Waals surface area contributed by atoms with Crippen LogP contribution in [0.15, 0.2) is 41.0 Å². The van der Waals surface area contributed by atoms with Gasteiger partial charge in [0, 0.05) is 13.0 Å². The molecule has 206 valence electrons. The van der Waals surface area contributed by atoms with E-state index in [0.717, 1.165) is 57.4 Å². The van der Waals surface area contributed by atoms with Crippen LogP contribution in [-0.2, 0) is 32.7 Å². The third kappa shape index (κ3) is 5.54. The Morgan fingerprint density at radius 2 is 1.79 bits per heavy atom. The number of carbonyl (C=O) groups is 2. The smallest absolute Gasteiger partial charge is 0.467 e. The molecule has 3 unspecified atom stereocenters. The van der Waals surface area contributed by atoms with E-state index in [1.54, 1.807) is 12.3 Å². The molecule has 2 aromatic rings. The number of alkyl halides is 3. The van der Waals surface area contributed by atoms with Crippen LogP contribution in [0.25, 0.3) is 0 Å². The molecule has 1 saturated carbocycles. The molecular formula is C29H35F3N2O4. The molecule has 3 heterocycles. The van der Waals surface area contributed by atoms with Gasteiger partial charge in [0.2, 0.25) is 0 Å². The van der Waals surface area contributed by atoms with Crippen LogP contribution in [0.3, 0.4) is 0 Å². The van der Waals surface area contributed by atoms with E-state index in [9.17, 15) is 22.8 Å². The number of nitrogens with zero attached hydrogens (tertiary/aromatic N) is 1. The van der Waals surface area contributed by atoms with Crippen molar-refractivity contribution >= 4 is 11.9 Å². The molecule has 2 aliphatic heterocycles. The Kier molecular flexibility index (Phi) is 7.95. The largest absolute Gasteiger partial charge is 0.491 e. The number of esters is 2. The average molecular weight is 533 g/mol. The Balaban J connectivity index is 1.53. The van der Waals surface area contributed by atoms with Crippen LogP contribution >= 0.6 is 0 Å². The topological polar surface area (TPSA) is 71.8 Å². The molecule has 1 saturated heterocycles. The van der Waals surface area contributed by atoms with Crippen molar-refractivity contribution in [3.05, 3.63) is 59.0 Å². The summed E-state index contributed by atoms with van der Waals surface area (Å²) >= 11 is 0. The Morgan fingerprint density at radius 1 is 1.03 bits per heavy atom. The molecule has 1 aromatic carbocycles. The van der Waals surface area contributed by atoms with Gasteiger partial charge in [-0.1, -0.05) is 37.5 Å². The van der Waals surface area contributed by atoms with E-state index in [1.807, 2.05) is 6.07 Å². The lowest BCUT2D eigenvalue weighted by atomic mass is 9.72. The molecule has 0 spiro atoms. The van der Waals surface area contributed by atoms with Gasteiger partial charge in [0.15, 0.2) is 0 Å². The number of likely N-dealkylation sites (tertiary alicyclic amines) is 1. The highest BCUT2D eigenvalue weighted by Gasteiger charge is 2.48. The molecular weight excluding hydrogens is 497 g/mol. The van der Waals surface area contributed by atoms with E-state index in [0.29, 0.717) is 17.6 Å². The minimum Gasteiger partial charge on any atom is -0.467 e. The van der Waals surface area contributed by atoms with Crippen LogP contribution < -0.4 is 5.32 Å². The summed E-state index contributed by atoms with van der Waals surface area (Å²) in [6.45, 7) is 3.38. The minimum atomic E-state index is -5.22. The second kappa shape index (κ2) is 11.2. The summed E-state index contributed by atoms with van der Waals surface area (Å²) in [5, 5.41) is 3.43. The van der Waals surface area contributed by atoms with Gasteiger partial charge in [0.25, 0.3) is 0 Å². The van der Waals surface area contributed by atoms with E-state index in [1.165, 1.54) is 30.4 Å². The number of hydrogen-bond acceptors (Lipinski definition) is 6. The Labute approximate surface area is 220 Å². The van der Waals surface area contributed by atoms with Gasteiger partial charge in [0.1, 0.15) is 11.3 Å². The zero-order valence-electron chi connectivity index (χ0n) is 21.5. The number of fused-ring (bicyclic) bond motifs is 2. The van der Waals surface area contributed by atoms with Crippen LogP contribution in [0.5, 0.6) is 0 Å². The third-order valence-electron chi connectivity index (χ3n) is 8.71. The SMILES string of the molecule is O=C(CCC(c1ccc2c(c1)CCNCC2)(c1ccco1)N1CCC2CCCCC2C1)OC(=O)C(F)(F)F. The maximum atomic E-state index is 12.8. The van der Waals surface area contributed by atoms with Gasteiger partial charge in [-0.15, -0.1) is 0 Å². The Hall–Kier alpha value is -2.65. The summed E-state index contributed by atoms with van der Waals surface area (Å²) in [6, 6.07) is 10.1. The standard InChI is InChI=1S/C29H35F3N2O4/c30-29(31,32)27(36)38-26(35)9-13-28(25-6-3-17-37-25,34-16-12-20-4-1-2-5-23(20)19-34)24-8-7-21-10-14-33-15-11-22(21)18-24/h3,6-8,17-18,20,23,33H,1-2,4-5,9-16,19H2. The summed E-state index contributed by atoms with van der Waals surface area (Å²) in [4.78, 5) is 26.3. The first-order valence-corrected chi connectivity index (χ1v) is 13.7. The second-order valence-electron chi connectivity index (χ2n) is 10.9. The summed E-state index contributed by atoms with van der Waals surface area (Å²) in [6.07, 6.45) is 3.79. The van der Waals surface area contributed by atoms with E-state index < -0.39 is 23.7 Å². The highest BCUT2D eigenvalue weighted by Crippen LogP contribution is 2.46. The summed E-state index contributed by atoms with van der Waals surface area (Å²) in [5.41, 5.74) is 2.58.